The van der Waals surface area contributed by atoms with E-state index in [0.29, 0.717) is 19.4 Å². The molecule has 1 amide bonds. The fourth-order valence-corrected chi connectivity index (χ4v) is 3.44. The largest absolute Gasteiger partial charge is 0.399 e. The summed E-state index contributed by atoms with van der Waals surface area (Å²) in [5.74, 6) is 0.0608. The number of hydrogen-bond donors (Lipinski definition) is 2. The first-order valence-electron chi connectivity index (χ1n) is 9.61. The van der Waals surface area contributed by atoms with Crippen LogP contribution in [0.3, 0.4) is 0 Å². The van der Waals surface area contributed by atoms with Gasteiger partial charge >= 0.3 is 0 Å². The number of nitrogen functional groups attached to an aromatic ring is 1. The van der Waals surface area contributed by atoms with Gasteiger partial charge in [-0.2, -0.15) is 0 Å². The molecule has 0 aromatic heterocycles. The maximum absolute atomic E-state index is 12.1. The van der Waals surface area contributed by atoms with Gasteiger partial charge < -0.3 is 11.1 Å². The summed E-state index contributed by atoms with van der Waals surface area (Å²) in [7, 11) is 0. The van der Waals surface area contributed by atoms with Gasteiger partial charge in [0.2, 0.25) is 5.91 Å². The number of rotatable bonds is 7. The van der Waals surface area contributed by atoms with Gasteiger partial charge in [-0.25, -0.2) is 0 Å². The van der Waals surface area contributed by atoms with Gasteiger partial charge in [-0.3, -0.25) is 9.69 Å². The summed E-state index contributed by atoms with van der Waals surface area (Å²) in [5, 5.41) is 3.00. The lowest BCUT2D eigenvalue weighted by molar-refractivity contribution is -0.121. The molecule has 154 valence electrons. The topological polar surface area (TPSA) is 58.4 Å². The molecule has 0 radical (unpaired) electrons. The van der Waals surface area contributed by atoms with E-state index in [1.54, 1.807) is 0 Å². The maximum atomic E-state index is 12.1. The molecule has 6 heteroatoms. The van der Waals surface area contributed by atoms with Gasteiger partial charge in [0.1, 0.15) is 0 Å². The Hall–Kier alpha value is -1.75. The van der Waals surface area contributed by atoms with E-state index in [9.17, 15) is 4.79 Å². The average Bonchev–Trinajstić information content (AvgIpc) is 2.68. The first-order chi connectivity index (χ1) is 12.7. The van der Waals surface area contributed by atoms with Crippen LogP contribution in [0.1, 0.15) is 42.4 Å². The Morgan fingerprint density at radius 1 is 0.929 bits per heavy atom. The number of anilines is 1. The van der Waals surface area contributed by atoms with Crippen molar-refractivity contribution in [3.63, 3.8) is 0 Å². The lowest BCUT2D eigenvalue weighted by Gasteiger charge is -2.26. The number of amides is 1. The number of aryl methyl sites for hydroxylation is 1. The normalized spacial score (nSPS) is 13.9. The fourth-order valence-electron chi connectivity index (χ4n) is 3.44. The Balaban J connectivity index is 0.00000196. The highest BCUT2D eigenvalue weighted by molar-refractivity contribution is 5.85. The van der Waals surface area contributed by atoms with Crippen molar-refractivity contribution in [1.29, 1.82) is 0 Å². The van der Waals surface area contributed by atoms with E-state index in [1.807, 2.05) is 24.3 Å². The Morgan fingerprint density at radius 3 is 2.25 bits per heavy atom. The third kappa shape index (κ3) is 7.70. The molecule has 3 N–H and O–H groups in total. The number of halogens is 2. The molecule has 0 atom stereocenters. The summed E-state index contributed by atoms with van der Waals surface area (Å²) in [4.78, 5) is 14.6. The molecule has 0 saturated carbocycles. The van der Waals surface area contributed by atoms with E-state index in [-0.39, 0.29) is 30.7 Å². The lowest BCUT2D eigenvalue weighted by atomic mass is 10.1. The number of benzene rings is 2. The predicted molar refractivity (Wildman–Crippen MR) is 121 cm³/mol. The van der Waals surface area contributed by atoms with Crippen LogP contribution in [0.5, 0.6) is 0 Å². The summed E-state index contributed by atoms with van der Waals surface area (Å²) in [6, 6.07) is 16.3. The number of carbonyl (C=O) groups excluding carboxylic acids is 1. The van der Waals surface area contributed by atoms with E-state index < -0.39 is 0 Å². The number of nitrogens with two attached hydrogens (primary N) is 1. The minimum atomic E-state index is 0. The maximum Gasteiger partial charge on any atom is 0.220 e. The second kappa shape index (κ2) is 12.7. The summed E-state index contributed by atoms with van der Waals surface area (Å²) in [5.41, 5.74) is 10.2. The van der Waals surface area contributed by atoms with Gasteiger partial charge in [0.15, 0.2) is 0 Å². The SMILES string of the molecule is Cl.Cl.Nc1ccccc1CCC(=O)NCc1ccc(CN2CCCCC2)cc1. The molecule has 1 aliphatic heterocycles. The number of nitrogens with zero attached hydrogens (tertiary/aromatic N) is 1. The van der Waals surface area contributed by atoms with E-state index >= 15 is 0 Å². The molecule has 1 aliphatic rings. The number of para-hydroxylation sites is 1. The zero-order chi connectivity index (χ0) is 18.2. The molecule has 0 spiro atoms. The molecular weight excluding hydrogens is 393 g/mol. The highest BCUT2D eigenvalue weighted by Gasteiger charge is 2.10. The van der Waals surface area contributed by atoms with Crippen molar-refractivity contribution in [2.75, 3.05) is 18.8 Å². The summed E-state index contributed by atoms with van der Waals surface area (Å²) in [6.07, 6.45) is 5.14. The van der Waals surface area contributed by atoms with Crippen LogP contribution in [0, 0.1) is 0 Å². The molecule has 1 fully saturated rings. The zero-order valence-corrected chi connectivity index (χ0v) is 17.9. The summed E-state index contributed by atoms with van der Waals surface area (Å²) < 4.78 is 0. The van der Waals surface area contributed by atoms with Crippen LogP contribution in [0.15, 0.2) is 48.5 Å². The summed E-state index contributed by atoms with van der Waals surface area (Å²) in [6.45, 7) is 4.03. The van der Waals surface area contributed by atoms with Crippen LogP contribution in [-0.2, 0) is 24.3 Å². The van der Waals surface area contributed by atoms with E-state index in [2.05, 4.69) is 34.5 Å². The third-order valence-corrected chi connectivity index (χ3v) is 5.04. The Labute approximate surface area is 180 Å². The molecule has 28 heavy (non-hydrogen) atoms. The van der Waals surface area contributed by atoms with Crippen LogP contribution in [0.2, 0.25) is 0 Å². The van der Waals surface area contributed by atoms with Gasteiger partial charge in [-0.1, -0.05) is 48.9 Å². The second-order valence-corrected chi connectivity index (χ2v) is 7.13. The van der Waals surface area contributed by atoms with Gasteiger partial charge in [0.05, 0.1) is 0 Å². The Kier molecular flexibility index (Phi) is 11.0. The van der Waals surface area contributed by atoms with Gasteiger partial charge in [-0.05, 0) is 55.1 Å². The van der Waals surface area contributed by atoms with Crippen LogP contribution in [0.4, 0.5) is 5.69 Å². The van der Waals surface area contributed by atoms with Crippen molar-refractivity contribution in [3.05, 3.63) is 65.2 Å². The van der Waals surface area contributed by atoms with Crippen molar-refractivity contribution in [1.82, 2.24) is 10.2 Å². The van der Waals surface area contributed by atoms with Crippen molar-refractivity contribution in [2.24, 2.45) is 0 Å². The molecule has 3 rings (SSSR count). The minimum absolute atomic E-state index is 0. The van der Waals surface area contributed by atoms with Crippen LogP contribution in [0.25, 0.3) is 0 Å². The zero-order valence-electron chi connectivity index (χ0n) is 16.2. The fraction of sp³-hybridized carbons (Fsp3) is 0.409. The third-order valence-electron chi connectivity index (χ3n) is 5.04. The van der Waals surface area contributed by atoms with Crippen molar-refractivity contribution in [3.8, 4) is 0 Å². The first kappa shape index (κ1) is 24.3. The first-order valence-corrected chi connectivity index (χ1v) is 9.61. The highest BCUT2D eigenvalue weighted by Crippen LogP contribution is 2.14. The van der Waals surface area contributed by atoms with Crippen LogP contribution < -0.4 is 11.1 Å². The van der Waals surface area contributed by atoms with Crippen LogP contribution in [-0.4, -0.2) is 23.9 Å². The lowest BCUT2D eigenvalue weighted by Crippen LogP contribution is -2.29. The standard InChI is InChI=1S/C22H29N3O.2ClH/c23-21-7-3-2-6-20(21)12-13-22(26)24-16-18-8-10-19(11-9-18)17-25-14-4-1-5-15-25;;/h2-3,6-11H,1,4-5,12-17,23H2,(H,24,26);2*1H. The molecule has 1 saturated heterocycles. The molecule has 2 aromatic carbocycles. The van der Waals surface area contributed by atoms with Crippen LogP contribution >= 0.6 is 24.8 Å². The number of likely N-dealkylation sites (tertiary alicyclic amines) is 1. The van der Waals surface area contributed by atoms with Crippen molar-refractivity contribution in [2.45, 2.75) is 45.2 Å². The number of piperidine rings is 1. The molecule has 0 bridgehead atoms. The molecule has 4 nitrogen and oxygen atoms in total. The minimum Gasteiger partial charge on any atom is -0.399 e. The van der Waals surface area contributed by atoms with Gasteiger partial charge in [0.25, 0.3) is 0 Å². The Morgan fingerprint density at radius 2 is 1.57 bits per heavy atom. The average molecular weight is 424 g/mol. The molecular formula is C22H31Cl2N3O. The summed E-state index contributed by atoms with van der Waals surface area (Å²) >= 11 is 0. The Bertz CT molecular complexity index is 716. The smallest absolute Gasteiger partial charge is 0.220 e. The van der Waals surface area contributed by atoms with Gasteiger partial charge in [-0.15, -0.1) is 24.8 Å². The second-order valence-electron chi connectivity index (χ2n) is 7.13. The van der Waals surface area contributed by atoms with Crippen molar-refractivity contribution < 1.29 is 4.79 Å². The van der Waals surface area contributed by atoms with Crippen molar-refractivity contribution >= 4 is 36.4 Å². The molecule has 0 aliphatic carbocycles. The quantitative estimate of drug-likeness (QED) is 0.650. The molecule has 1 heterocycles. The number of carbonyl (C=O) groups is 1. The monoisotopic (exact) mass is 423 g/mol. The van der Waals surface area contributed by atoms with E-state index in [1.165, 1.54) is 37.9 Å². The number of nitrogens with one attached hydrogen (secondary N) is 1. The predicted octanol–water partition coefficient (Wildman–Crippen LogP) is 4.35. The highest BCUT2D eigenvalue weighted by atomic mass is 35.5. The van der Waals surface area contributed by atoms with Gasteiger partial charge in [0, 0.05) is 25.2 Å². The number of hydrogen-bond acceptors (Lipinski definition) is 3. The van der Waals surface area contributed by atoms with E-state index in [4.69, 9.17) is 5.73 Å². The molecule has 2 aromatic rings. The molecule has 0 unspecified atom stereocenters. The van der Waals surface area contributed by atoms with E-state index in [0.717, 1.165) is 23.4 Å².